The molecule has 1 fully saturated rings. The molecule has 1 N–H and O–H groups in total. The summed E-state index contributed by atoms with van der Waals surface area (Å²) in [6, 6.07) is 7.96. The Morgan fingerprint density at radius 2 is 1.85 bits per heavy atom. The predicted octanol–water partition coefficient (Wildman–Crippen LogP) is 3.02. The molecule has 0 saturated carbocycles. The monoisotopic (exact) mass is 355 g/mol. The average molecular weight is 355 g/mol. The number of aliphatic carboxylic acids is 1. The molecule has 0 spiro atoms. The van der Waals surface area contributed by atoms with Crippen LogP contribution in [0.5, 0.6) is 0 Å². The Bertz CT molecular complexity index is 831. The minimum absolute atomic E-state index is 0.142. The van der Waals surface area contributed by atoms with E-state index in [1.165, 1.54) is 0 Å². The molecule has 1 saturated heterocycles. The molecule has 1 amide bonds. The standard InChI is InChI=1S/C20H25N3O3/c1-13-5-7-15(8-6-13)23-12-16(17(21-23)20(2,3)4)18(24)22-10-9-14(11-22)19(25)26/h5-8,12,14H,9-11H2,1-4H3,(H,25,26). The summed E-state index contributed by atoms with van der Waals surface area (Å²) < 4.78 is 1.73. The summed E-state index contributed by atoms with van der Waals surface area (Å²) in [5, 5.41) is 13.9. The van der Waals surface area contributed by atoms with Gasteiger partial charge in [0, 0.05) is 24.7 Å². The number of hydrogen-bond donors (Lipinski definition) is 1. The van der Waals surface area contributed by atoms with Crippen molar-refractivity contribution in [2.75, 3.05) is 13.1 Å². The van der Waals surface area contributed by atoms with Gasteiger partial charge >= 0.3 is 5.97 Å². The normalized spacial score (nSPS) is 17.5. The fraction of sp³-hybridized carbons (Fsp3) is 0.450. The van der Waals surface area contributed by atoms with Crippen molar-refractivity contribution in [2.24, 2.45) is 5.92 Å². The van der Waals surface area contributed by atoms with Crippen LogP contribution in [0.15, 0.2) is 30.5 Å². The molecule has 1 aromatic heterocycles. The SMILES string of the molecule is Cc1ccc(-n2cc(C(=O)N3CCC(C(=O)O)C3)c(C(C)(C)C)n2)cc1. The molecule has 0 aliphatic carbocycles. The van der Waals surface area contributed by atoms with Gasteiger partial charge in [-0.1, -0.05) is 38.5 Å². The van der Waals surface area contributed by atoms with Crippen molar-refractivity contribution in [2.45, 2.75) is 39.5 Å². The number of benzene rings is 1. The number of carbonyl (C=O) groups excluding carboxylic acids is 1. The van der Waals surface area contributed by atoms with Crippen LogP contribution in [0.3, 0.4) is 0 Å². The van der Waals surface area contributed by atoms with Gasteiger partial charge in [0.15, 0.2) is 0 Å². The Labute approximate surface area is 153 Å². The topological polar surface area (TPSA) is 75.4 Å². The van der Waals surface area contributed by atoms with E-state index in [2.05, 4.69) is 5.10 Å². The van der Waals surface area contributed by atoms with Crippen LogP contribution in [-0.4, -0.2) is 44.8 Å². The van der Waals surface area contributed by atoms with Crippen molar-refractivity contribution < 1.29 is 14.7 Å². The Morgan fingerprint density at radius 3 is 2.38 bits per heavy atom. The average Bonchev–Trinajstić information content (AvgIpc) is 3.22. The van der Waals surface area contributed by atoms with Crippen LogP contribution in [0.25, 0.3) is 5.69 Å². The fourth-order valence-corrected chi connectivity index (χ4v) is 3.23. The lowest BCUT2D eigenvalue weighted by molar-refractivity contribution is -0.141. The first kappa shape index (κ1) is 18.2. The number of carboxylic acids is 1. The van der Waals surface area contributed by atoms with Crippen LogP contribution in [0, 0.1) is 12.8 Å². The molecule has 3 rings (SSSR count). The van der Waals surface area contributed by atoms with E-state index in [9.17, 15) is 14.7 Å². The minimum Gasteiger partial charge on any atom is -0.481 e. The van der Waals surface area contributed by atoms with Crippen molar-refractivity contribution in [1.29, 1.82) is 0 Å². The number of aromatic nitrogens is 2. The van der Waals surface area contributed by atoms with Crippen molar-refractivity contribution in [1.82, 2.24) is 14.7 Å². The highest BCUT2D eigenvalue weighted by molar-refractivity contribution is 5.96. The molecule has 1 atom stereocenters. The van der Waals surface area contributed by atoms with E-state index in [-0.39, 0.29) is 17.9 Å². The van der Waals surface area contributed by atoms with Gasteiger partial charge in [-0.15, -0.1) is 0 Å². The van der Waals surface area contributed by atoms with E-state index in [0.29, 0.717) is 18.5 Å². The zero-order chi connectivity index (χ0) is 19.1. The number of amides is 1. The van der Waals surface area contributed by atoms with Gasteiger partial charge in [-0.2, -0.15) is 5.10 Å². The zero-order valence-corrected chi connectivity index (χ0v) is 15.7. The Kier molecular flexibility index (Phi) is 4.61. The molecule has 1 aliphatic rings. The number of carboxylic acid groups (broad SMARTS) is 1. The number of nitrogens with zero attached hydrogens (tertiary/aromatic N) is 3. The van der Waals surface area contributed by atoms with E-state index in [0.717, 1.165) is 16.9 Å². The Balaban J connectivity index is 1.96. The van der Waals surface area contributed by atoms with Crippen LogP contribution >= 0.6 is 0 Å². The van der Waals surface area contributed by atoms with Gasteiger partial charge in [0.1, 0.15) is 0 Å². The number of hydrogen-bond acceptors (Lipinski definition) is 3. The number of carbonyl (C=O) groups is 2. The summed E-state index contributed by atoms with van der Waals surface area (Å²) in [4.78, 5) is 25.9. The number of rotatable bonds is 3. The van der Waals surface area contributed by atoms with E-state index in [1.54, 1.807) is 15.8 Å². The molecule has 138 valence electrons. The fourth-order valence-electron chi connectivity index (χ4n) is 3.23. The summed E-state index contributed by atoms with van der Waals surface area (Å²) in [6.45, 7) is 8.82. The molecule has 1 aliphatic heterocycles. The first-order chi connectivity index (χ1) is 12.2. The first-order valence-electron chi connectivity index (χ1n) is 8.86. The van der Waals surface area contributed by atoms with Gasteiger partial charge in [0.25, 0.3) is 5.91 Å². The summed E-state index contributed by atoms with van der Waals surface area (Å²) in [5.74, 6) is -1.46. The molecule has 1 aromatic carbocycles. The smallest absolute Gasteiger partial charge is 0.308 e. The molecular weight excluding hydrogens is 330 g/mol. The molecule has 0 bridgehead atoms. The summed E-state index contributed by atoms with van der Waals surface area (Å²) in [7, 11) is 0. The molecule has 2 aromatic rings. The molecule has 6 heteroatoms. The molecule has 6 nitrogen and oxygen atoms in total. The van der Waals surface area contributed by atoms with Crippen LogP contribution in [-0.2, 0) is 10.2 Å². The first-order valence-corrected chi connectivity index (χ1v) is 8.86. The lowest BCUT2D eigenvalue weighted by Crippen LogP contribution is -2.31. The Hall–Kier alpha value is -2.63. The second kappa shape index (κ2) is 6.59. The molecule has 1 unspecified atom stereocenters. The summed E-state index contributed by atoms with van der Waals surface area (Å²) in [5.41, 5.74) is 3.02. The second-order valence-corrected chi connectivity index (χ2v) is 8.00. The van der Waals surface area contributed by atoms with Gasteiger partial charge < -0.3 is 10.0 Å². The van der Waals surface area contributed by atoms with Crippen molar-refractivity contribution in [3.05, 3.63) is 47.3 Å². The zero-order valence-electron chi connectivity index (χ0n) is 15.7. The van der Waals surface area contributed by atoms with Gasteiger partial charge in [-0.05, 0) is 25.5 Å². The number of aryl methyl sites for hydroxylation is 1. The maximum absolute atomic E-state index is 13.1. The molecule has 26 heavy (non-hydrogen) atoms. The maximum Gasteiger partial charge on any atom is 0.308 e. The third-order valence-corrected chi connectivity index (χ3v) is 4.78. The summed E-state index contributed by atoms with van der Waals surface area (Å²) in [6.07, 6.45) is 2.26. The molecule has 2 heterocycles. The highest BCUT2D eigenvalue weighted by atomic mass is 16.4. The summed E-state index contributed by atoms with van der Waals surface area (Å²) >= 11 is 0. The van der Waals surface area contributed by atoms with Gasteiger partial charge in [0.2, 0.25) is 0 Å². The highest BCUT2D eigenvalue weighted by Gasteiger charge is 2.35. The van der Waals surface area contributed by atoms with Crippen LogP contribution in [0.4, 0.5) is 0 Å². The molecular formula is C20H25N3O3. The van der Waals surface area contributed by atoms with Crippen molar-refractivity contribution >= 4 is 11.9 Å². The number of likely N-dealkylation sites (tertiary alicyclic amines) is 1. The van der Waals surface area contributed by atoms with Crippen molar-refractivity contribution in [3.63, 3.8) is 0 Å². The van der Waals surface area contributed by atoms with E-state index >= 15 is 0 Å². The largest absolute Gasteiger partial charge is 0.481 e. The minimum atomic E-state index is -0.841. The quantitative estimate of drug-likeness (QED) is 0.918. The van der Waals surface area contributed by atoms with Crippen molar-refractivity contribution in [3.8, 4) is 5.69 Å². The predicted molar refractivity (Wildman–Crippen MR) is 98.6 cm³/mol. The lowest BCUT2D eigenvalue weighted by atomic mass is 9.89. The lowest BCUT2D eigenvalue weighted by Gasteiger charge is -2.20. The third-order valence-electron chi connectivity index (χ3n) is 4.78. The highest BCUT2D eigenvalue weighted by Crippen LogP contribution is 2.28. The van der Waals surface area contributed by atoms with Crippen LogP contribution < -0.4 is 0 Å². The van der Waals surface area contributed by atoms with E-state index < -0.39 is 11.9 Å². The van der Waals surface area contributed by atoms with Gasteiger partial charge in [0.05, 0.1) is 22.9 Å². The molecule has 0 radical (unpaired) electrons. The maximum atomic E-state index is 13.1. The van der Waals surface area contributed by atoms with Gasteiger partial charge in [-0.3, -0.25) is 9.59 Å². The van der Waals surface area contributed by atoms with Crippen LogP contribution in [0.2, 0.25) is 0 Å². The Morgan fingerprint density at radius 1 is 1.19 bits per heavy atom. The third kappa shape index (κ3) is 3.49. The van der Waals surface area contributed by atoms with Crippen LogP contribution in [0.1, 0.15) is 48.8 Å². The second-order valence-electron chi connectivity index (χ2n) is 8.00. The van der Waals surface area contributed by atoms with E-state index in [1.807, 2.05) is 52.0 Å². The van der Waals surface area contributed by atoms with Gasteiger partial charge in [-0.25, -0.2) is 4.68 Å². The van der Waals surface area contributed by atoms with E-state index in [4.69, 9.17) is 0 Å².